The standard InChI is InChI=1S/C22H28N2O2/c1-2-18-10-12-20(13-11-18)26-17-22(25)23-14-6-16-24-15-5-8-19-7-3-4-9-21(19)24/h3-4,7,9-13H,2,5-6,8,14-17H2,1H3,(H,23,25). The van der Waals surface area contributed by atoms with Crippen molar-refractivity contribution in [2.24, 2.45) is 0 Å². The van der Waals surface area contributed by atoms with Gasteiger partial charge in [-0.2, -0.15) is 0 Å². The van der Waals surface area contributed by atoms with Gasteiger partial charge in [-0.25, -0.2) is 0 Å². The van der Waals surface area contributed by atoms with Gasteiger partial charge in [0.15, 0.2) is 6.61 Å². The van der Waals surface area contributed by atoms with E-state index in [1.807, 2.05) is 24.3 Å². The number of nitrogens with zero attached hydrogens (tertiary/aromatic N) is 1. The molecule has 1 N–H and O–H groups in total. The second-order valence-corrected chi connectivity index (χ2v) is 6.71. The number of fused-ring (bicyclic) bond motifs is 1. The van der Waals surface area contributed by atoms with Gasteiger partial charge in [0.25, 0.3) is 5.91 Å². The molecule has 26 heavy (non-hydrogen) atoms. The number of hydrogen-bond acceptors (Lipinski definition) is 3. The monoisotopic (exact) mass is 352 g/mol. The van der Waals surface area contributed by atoms with Gasteiger partial charge in [-0.3, -0.25) is 4.79 Å². The van der Waals surface area contributed by atoms with E-state index >= 15 is 0 Å². The van der Waals surface area contributed by atoms with Gasteiger partial charge in [-0.15, -0.1) is 0 Å². The maximum Gasteiger partial charge on any atom is 0.257 e. The van der Waals surface area contributed by atoms with Crippen molar-refractivity contribution in [3.05, 3.63) is 59.7 Å². The molecule has 0 aromatic heterocycles. The van der Waals surface area contributed by atoms with Crippen molar-refractivity contribution in [3.63, 3.8) is 0 Å². The molecule has 1 heterocycles. The van der Waals surface area contributed by atoms with Crippen LogP contribution in [0.5, 0.6) is 5.75 Å². The zero-order valence-corrected chi connectivity index (χ0v) is 15.5. The van der Waals surface area contributed by atoms with E-state index in [0.717, 1.165) is 31.7 Å². The van der Waals surface area contributed by atoms with Crippen LogP contribution in [0.3, 0.4) is 0 Å². The Morgan fingerprint density at radius 1 is 1.15 bits per heavy atom. The smallest absolute Gasteiger partial charge is 0.257 e. The summed E-state index contributed by atoms with van der Waals surface area (Å²) in [7, 11) is 0. The fourth-order valence-corrected chi connectivity index (χ4v) is 3.36. The lowest BCUT2D eigenvalue weighted by molar-refractivity contribution is -0.123. The lowest BCUT2D eigenvalue weighted by Gasteiger charge is -2.31. The van der Waals surface area contributed by atoms with Gasteiger partial charge in [-0.05, 0) is 55.0 Å². The second kappa shape index (κ2) is 9.27. The topological polar surface area (TPSA) is 41.6 Å². The van der Waals surface area contributed by atoms with E-state index in [4.69, 9.17) is 4.74 Å². The number of hydrogen-bond donors (Lipinski definition) is 1. The van der Waals surface area contributed by atoms with E-state index in [1.54, 1.807) is 0 Å². The minimum atomic E-state index is -0.0661. The summed E-state index contributed by atoms with van der Waals surface area (Å²) < 4.78 is 5.54. The number of benzene rings is 2. The van der Waals surface area contributed by atoms with Crippen LogP contribution in [0.1, 0.15) is 30.9 Å². The molecule has 0 unspecified atom stereocenters. The van der Waals surface area contributed by atoms with Gasteiger partial charge in [-0.1, -0.05) is 37.3 Å². The number of para-hydroxylation sites is 1. The first-order chi connectivity index (χ1) is 12.8. The predicted octanol–water partition coefficient (Wildman–Crippen LogP) is 3.59. The molecule has 4 heteroatoms. The van der Waals surface area contributed by atoms with Gasteiger partial charge in [0.2, 0.25) is 0 Å². The minimum Gasteiger partial charge on any atom is -0.484 e. The number of carbonyl (C=O) groups is 1. The summed E-state index contributed by atoms with van der Waals surface area (Å²) in [5, 5.41) is 2.95. The molecule has 1 aliphatic heterocycles. The van der Waals surface area contributed by atoms with Crippen LogP contribution >= 0.6 is 0 Å². The van der Waals surface area contributed by atoms with E-state index < -0.39 is 0 Å². The molecule has 138 valence electrons. The van der Waals surface area contributed by atoms with Crippen molar-refractivity contribution >= 4 is 11.6 Å². The minimum absolute atomic E-state index is 0.0661. The molecule has 3 rings (SSSR count). The second-order valence-electron chi connectivity index (χ2n) is 6.71. The molecule has 2 aromatic carbocycles. The lowest BCUT2D eigenvalue weighted by Crippen LogP contribution is -2.34. The van der Waals surface area contributed by atoms with Crippen molar-refractivity contribution in [1.82, 2.24) is 5.32 Å². The van der Waals surface area contributed by atoms with Crippen LogP contribution in [0.2, 0.25) is 0 Å². The van der Waals surface area contributed by atoms with Gasteiger partial charge < -0.3 is 15.0 Å². The lowest BCUT2D eigenvalue weighted by atomic mass is 10.0. The molecular formula is C22H28N2O2. The summed E-state index contributed by atoms with van der Waals surface area (Å²) in [6.45, 7) is 4.93. The van der Waals surface area contributed by atoms with Crippen LogP contribution < -0.4 is 15.0 Å². The molecule has 0 bridgehead atoms. The molecule has 2 aromatic rings. The van der Waals surface area contributed by atoms with E-state index in [0.29, 0.717) is 6.54 Å². The third-order valence-corrected chi connectivity index (χ3v) is 4.83. The Labute approximate surface area is 156 Å². The van der Waals surface area contributed by atoms with Crippen LogP contribution in [-0.4, -0.2) is 32.1 Å². The van der Waals surface area contributed by atoms with Crippen molar-refractivity contribution in [1.29, 1.82) is 0 Å². The van der Waals surface area contributed by atoms with Crippen molar-refractivity contribution < 1.29 is 9.53 Å². The average molecular weight is 352 g/mol. The Morgan fingerprint density at radius 2 is 1.96 bits per heavy atom. The third-order valence-electron chi connectivity index (χ3n) is 4.83. The Morgan fingerprint density at radius 3 is 2.77 bits per heavy atom. The van der Waals surface area contributed by atoms with E-state index in [9.17, 15) is 4.79 Å². The number of nitrogens with one attached hydrogen (secondary N) is 1. The molecule has 1 amide bonds. The Hall–Kier alpha value is -2.49. The first kappa shape index (κ1) is 18.3. The summed E-state index contributed by atoms with van der Waals surface area (Å²) in [5.41, 5.74) is 4.05. The first-order valence-corrected chi connectivity index (χ1v) is 9.57. The molecule has 0 aliphatic carbocycles. The molecule has 0 saturated heterocycles. The summed E-state index contributed by atoms with van der Waals surface area (Å²) >= 11 is 0. The Bertz CT molecular complexity index is 712. The first-order valence-electron chi connectivity index (χ1n) is 9.57. The molecular weight excluding hydrogens is 324 g/mol. The average Bonchev–Trinajstić information content (AvgIpc) is 2.70. The summed E-state index contributed by atoms with van der Waals surface area (Å²) in [6.07, 6.45) is 4.31. The number of rotatable bonds is 8. The maximum absolute atomic E-state index is 11.9. The Balaban J connectivity index is 1.35. The number of aryl methyl sites for hydroxylation is 2. The molecule has 0 fully saturated rings. The zero-order chi connectivity index (χ0) is 18.2. The fourth-order valence-electron chi connectivity index (χ4n) is 3.36. The third kappa shape index (κ3) is 5.01. The van der Waals surface area contributed by atoms with Gasteiger partial charge in [0, 0.05) is 25.3 Å². The molecule has 0 radical (unpaired) electrons. The highest BCUT2D eigenvalue weighted by molar-refractivity contribution is 5.77. The quantitative estimate of drug-likeness (QED) is 0.738. The normalized spacial score (nSPS) is 13.2. The Kier molecular flexibility index (Phi) is 6.53. The van der Waals surface area contributed by atoms with Crippen LogP contribution in [0.25, 0.3) is 0 Å². The number of carbonyl (C=O) groups excluding carboxylic acids is 1. The van der Waals surface area contributed by atoms with Gasteiger partial charge >= 0.3 is 0 Å². The number of ether oxygens (including phenoxy) is 1. The van der Waals surface area contributed by atoms with Crippen molar-refractivity contribution in [3.8, 4) is 5.75 Å². The van der Waals surface area contributed by atoms with Crippen LogP contribution in [0.4, 0.5) is 5.69 Å². The molecule has 0 saturated carbocycles. The van der Waals surface area contributed by atoms with Crippen molar-refractivity contribution in [2.75, 3.05) is 31.1 Å². The zero-order valence-electron chi connectivity index (χ0n) is 15.5. The highest BCUT2D eigenvalue weighted by atomic mass is 16.5. The summed E-state index contributed by atoms with van der Waals surface area (Å²) in [5.74, 6) is 0.672. The molecule has 0 spiro atoms. The van der Waals surface area contributed by atoms with E-state index in [-0.39, 0.29) is 12.5 Å². The number of anilines is 1. The molecule has 0 atom stereocenters. The largest absolute Gasteiger partial charge is 0.484 e. The van der Waals surface area contributed by atoms with Gasteiger partial charge in [0.05, 0.1) is 0 Å². The van der Waals surface area contributed by atoms with E-state index in [2.05, 4.69) is 41.4 Å². The maximum atomic E-state index is 11.9. The predicted molar refractivity (Wildman–Crippen MR) is 106 cm³/mol. The van der Waals surface area contributed by atoms with Crippen LogP contribution in [0.15, 0.2) is 48.5 Å². The number of amides is 1. The van der Waals surface area contributed by atoms with Gasteiger partial charge in [0.1, 0.15) is 5.75 Å². The molecule has 1 aliphatic rings. The van der Waals surface area contributed by atoms with Crippen LogP contribution in [-0.2, 0) is 17.6 Å². The fraction of sp³-hybridized carbons (Fsp3) is 0.409. The summed E-state index contributed by atoms with van der Waals surface area (Å²) in [6, 6.07) is 16.5. The summed E-state index contributed by atoms with van der Waals surface area (Å²) in [4.78, 5) is 14.4. The van der Waals surface area contributed by atoms with Crippen molar-refractivity contribution in [2.45, 2.75) is 32.6 Å². The highest BCUT2D eigenvalue weighted by Gasteiger charge is 2.15. The SMILES string of the molecule is CCc1ccc(OCC(=O)NCCCN2CCCc3ccccc32)cc1. The highest BCUT2D eigenvalue weighted by Crippen LogP contribution is 2.26. The van der Waals surface area contributed by atoms with E-state index in [1.165, 1.54) is 29.7 Å². The van der Waals surface area contributed by atoms with Crippen LogP contribution in [0, 0.1) is 0 Å². The molecule has 4 nitrogen and oxygen atoms in total.